The molecule has 1 aliphatic rings. The first-order valence-electron chi connectivity index (χ1n) is 12.6. The number of aliphatic hydroxyl groups excluding tert-OH is 1. The van der Waals surface area contributed by atoms with Crippen molar-refractivity contribution in [1.29, 1.82) is 0 Å². The van der Waals surface area contributed by atoms with E-state index in [1.54, 1.807) is 43.3 Å². The number of aryl methyl sites for hydroxylation is 2. The summed E-state index contributed by atoms with van der Waals surface area (Å²) in [7, 11) is 1.24. The number of Topliss-reactive ketones (excluding diaryl/α,β-unsaturated/α-hetero) is 1. The van der Waals surface area contributed by atoms with Crippen LogP contribution in [0.3, 0.4) is 0 Å². The molecule has 0 radical (unpaired) electrons. The number of ketones is 1. The molecule has 208 valence electrons. The average Bonchev–Trinajstić information content (AvgIpc) is 3.48. The number of carbonyl (C=O) groups excluding carboxylic acids is 3. The van der Waals surface area contributed by atoms with Gasteiger partial charge in [0.25, 0.3) is 5.78 Å². The molecule has 1 amide bonds. The molecule has 41 heavy (non-hydrogen) atoms. The van der Waals surface area contributed by atoms with Crippen molar-refractivity contribution >= 4 is 39.9 Å². The number of aromatic nitrogens is 1. The van der Waals surface area contributed by atoms with Crippen molar-refractivity contribution in [2.45, 2.75) is 26.5 Å². The lowest BCUT2D eigenvalue weighted by atomic mass is 9.95. The van der Waals surface area contributed by atoms with E-state index >= 15 is 0 Å². The van der Waals surface area contributed by atoms with E-state index in [0.717, 1.165) is 27.4 Å². The van der Waals surface area contributed by atoms with Gasteiger partial charge < -0.3 is 19.7 Å². The summed E-state index contributed by atoms with van der Waals surface area (Å²) in [5.74, 6) is -2.26. The number of phenolic OH excluding ortho intramolecular Hbond substituents is 1. The summed E-state index contributed by atoms with van der Waals surface area (Å²) in [6.45, 7) is 3.96. The monoisotopic (exact) mass is 570 g/mol. The number of hydrogen-bond acceptors (Lipinski definition) is 9. The minimum absolute atomic E-state index is 0.00924. The normalized spacial score (nSPS) is 16.2. The number of phenols is 1. The third kappa shape index (κ3) is 5.42. The number of nitrogens with zero attached hydrogens (tertiary/aromatic N) is 2. The van der Waals surface area contributed by atoms with Crippen LogP contribution in [0.25, 0.3) is 5.76 Å². The second-order valence-electron chi connectivity index (χ2n) is 9.47. The lowest BCUT2D eigenvalue weighted by molar-refractivity contribution is -0.132. The van der Waals surface area contributed by atoms with Gasteiger partial charge in [-0.1, -0.05) is 53.3 Å². The van der Waals surface area contributed by atoms with Gasteiger partial charge in [0.05, 0.1) is 24.4 Å². The van der Waals surface area contributed by atoms with E-state index in [9.17, 15) is 24.6 Å². The summed E-state index contributed by atoms with van der Waals surface area (Å²) < 4.78 is 10.7. The van der Waals surface area contributed by atoms with Crippen LogP contribution in [0.4, 0.5) is 5.13 Å². The van der Waals surface area contributed by atoms with Gasteiger partial charge in [0.1, 0.15) is 28.7 Å². The molecule has 2 heterocycles. The molecule has 1 aromatic heterocycles. The van der Waals surface area contributed by atoms with Gasteiger partial charge in [-0.15, -0.1) is 0 Å². The number of methoxy groups -OCH3 is 1. The first-order chi connectivity index (χ1) is 19.7. The number of thiazole rings is 1. The molecule has 3 aromatic carbocycles. The number of carbonyl (C=O) groups is 3. The fourth-order valence-electron chi connectivity index (χ4n) is 4.60. The SMILES string of the molecule is COC(=O)c1sc(N2C(=O)C(=O)/C(=C(/O)c3ccc(OCc4cccc(C)c4)cc3)C2c2ccc(O)cc2)nc1C. The Labute approximate surface area is 239 Å². The highest BCUT2D eigenvalue weighted by molar-refractivity contribution is 7.17. The molecule has 0 saturated carbocycles. The first-order valence-corrected chi connectivity index (χ1v) is 13.4. The second kappa shape index (κ2) is 11.3. The molecule has 5 rings (SSSR count). The minimum Gasteiger partial charge on any atom is -0.508 e. The van der Waals surface area contributed by atoms with E-state index in [0.29, 0.717) is 29.2 Å². The number of aliphatic hydroxyl groups is 1. The van der Waals surface area contributed by atoms with Crippen molar-refractivity contribution in [2.75, 3.05) is 12.0 Å². The Kier molecular flexibility index (Phi) is 7.58. The molecular formula is C31H26N2O7S. The quantitative estimate of drug-likeness (QED) is 0.130. The molecule has 0 bridgehead atoms. The maximum Gasteiger partial charge on any atom is 0.350 e. The zero-order chi connectivity index (χ0) is 29.3. The number of benzene rings is 3. The number of rotatable bonds is 7. The van der Waals surface area contributed by atoms with Crippen molar-refractivity contribution in [2.24, 2.45) is 0 Å². The number of ether oxygens (including phenoxy) is 2. The summed E-state index contributed by atoms with van der Waals surface area (Å²) in [6, 6.07) is 19.4. The van der Waals surface area contributed by atoms with E-state index < -0.39 is 23.7 Å². The average molecular weight is 571 g/mol. The summed E-state index contributed by atoms with van der Waals surface area (Å²) in [4.78, 5) is 44.7. The van der Waals surface area contributed by atoms with E-state index in [4.69, 9.17) is 9.47 Å². The molecule has 0 spiro atoms. The Hall–Kier alpha value is -4.96. The fraction of sp³-hybridized carbons (Fsp3) is 0.161. The fourth-order valence-corrected chi connectivity index (χ4v) is 5.61. The molecule has 10 heteroatoms. The lowest BCUT2D eigenvalue weighted by Crippen LogP contribution is -2.29. The van der Waals surface area contributed by atoms with Gasteiger partial charge in [-0.3, -0.25) is 14.5 Å². The van der Waals surface area contributed by atoms with E-state index in [2.05, 4.69) is 4.98 Å². The molecule has 9 nitrogen and oxygen atoms in total. The molecular weight excluding hydrogens is 544 g/mol. The van der Waals surface area contributed by atoms with Crippen molar-refractivity contribution < 1.29 is 34.1 Å². The van der Waals surface area contributed by atoms with Crippen molar-refractivity contribution in [3.05, 3.63) is 111 Å². The summed E-state index contributed by atoms with van der Waals surface area (Å²) in [5.41, 5.74) is 3.08. The van der Waals surface area contributed by atoms with E-state index in [1.807, 2.05) is 31.2 Å². The van der Waals surface area contributed by atoms with Crippen molar-refractivity contribution in [1.82, 2.24) is 4.98 Å². The molecule has 1 atom stereocenters. The largest absolute Gasteiger partial charge is 0.508 e. The summed E-state index contributed by atoms with van der Waals surface area (Å²) >= 11 is 0.910. The van der Waals surface area contributed by atoms with Crippen LogP contribution in [-0.2, 0) is 20.9 Å². The van der Waals surface area contributed by atoms with Crippen LogP contribution in [-0.4, -0.2) is 40.0 Å². The minimum atomic E-state index is -1.07. The second-order valence-corrected chi connectivity index (χ2v) is 10.4. The smallest absolute Gasteiger partial charge is 0.350 e. The summed E-state index contributed by atoms with van der Waals surface area (Å²) in [5, 5.41) is 21.3. The predicted octanol–water partition coefficient (Wildman–Crippen LogP) is 5.46. The van der Waals surface area contributed by atoms with Crippen LogP contribution in [0, 0.1) is 13.8 Å². The number of hydrogen-bond donors (Lipinski definition) is 2. The van der Waals surface area contributed by atoms with Gasteiger partial charge in [-0.05, 0) is 61.4 Å². The summed E-state index contributed by atoms with van der Waals surface area (Å²) in [6.07, 6.45) is 0. The highest BCUT2D eigenvalue weighted by Crippen LogP contribution is 2.44. The van der Waals surface area contributed by atoms with Crippen LogP contribution in [0.5, 0.6) is 11.5 Å². The number of aromatic hydroxyl groups is 1. The standard InChI is InChI=1S/C31H26N2O7S/c1-17-5-4-6-19(15-17)16-40-23-13-9-21(10-14-23)26(35)24-25(20-7-11-22(34)12-8-20)33(29(37)27(24)36)31-32-18(2)28(41-31)30(38)39-3/h4-15,25,34-35H,16H2,1-3H3/b26-24+. The first kappa shape index (κ1) is 27.6. The van der Waals surface area contributed by atoms with Crippen LogP contribution in [0.2, 0.25) is 0 Å². The van der Waals surface area contributed by atoms with Gasteiger partial charge in [-0.2, -0.15) is 0 Å². The van der Waals surface area contributed by atoms with Crippen molar-refractivity contribution in [3.8, 4) is 11.5 Å². The van der Waals surface area contributed by atoms with Crippen molar-refractivity contribution in [3.63, 3.8) is 0 Å². The number of esters is 1. The third-order valence-corrected chi connectivity index (χ3v) is 7.77. The lowest BCUT2D eigenvalue weighted by Gasteiger charge is -2.23. The highest BCUT2D eigenvalue weighted by atomic mass is 32.1. The molecule has 1 aliphatic heterocycles. The molecule has 0 aliphatic carbocycles. The predicted molar refractivity (Wildman–Crippen MR) is 153 cm³/mol. The molecule has 1 unspecified atom stereocenters. The zero-order valence-electron chi connectivity index (χ0n) is 22.5. The Morgan fingerprint density at radius 1 is 1.02 bits per heavy atom. The van der Waals surface area contributed by atoms with Crippen LogP contribution >= 0.6 is 11.3 Å². The molecule has 1 saturated heterocycles. The van der Waals surface area contributed by atoms with Crippen LogP contribution in [0.1, 0.15) is 43.7 Å². The van der Waals surface area contributed by atoms with Gasteiger partial charge in [0.15, 0.2) is 5.13 Å². The Balaban J connectivity index is 1.52. The maximum atomic E-state index is 13.4. The topological polar surface area (TPSA) is 126 Å². The van der Waals surface area contributed by atoms with Gasteiger partial charge in [0.2, 0.25) is 0 Å². The Morgan fingerprint density at radius 2 is 1.73 bits per heavy atom. The maximum absolute atomic E-state index is 13.4. The molecule has 1 fully saturated rings. The molecule has 4 aromatic rings. The Morgan fingerprint density at radius 3 is 2.39 bits per heavy atom. The zero-order valence-corrected chi connectivity index (χ0v) is 23.3. The molecule has 2 N–H and O–H groups in total. The van der Waals surface area contributed by atoms with Crippen LogP contribution < -0.4 is 9.64 Å². The van der Waals surface area contributed by atoms with Gasteiger partial charge in [-0.25, -0.2) is 9.78 Å². The highest BCUT2D eigenvalue weighted by Gasteiger charge is 2.48. The van der Waals surface area contributed by atoms with Gasteiger partial charge in [0, 0.05) is 5.56 Å². The van der Waals surface area contributed by atoms with E-state index in [1.165, 1.54) is 19.2 Å². The number of amides is 1. The number of anilines is 1. The third-order valence-electron chi connectivity index (χ3n) is 6.63. The Bertz CT molecular complexity index is 1670. The van der Waals surface area contributed by atoms with E-state index in [-0.39, 0.29) is 27.1 Å². The van der Waals surface area contributed by atoms with Crippen LogP contribution in [0.15, 0.2) is 78.4 Å². The van der Waals surface area contributed by atoms with Gasteiger partial charge >= 0.3 is 11.9 Å².